The van der Waals surface area contributed by atoms with Crippen molar-refractivity contribution in [3.63, 3.8) is 0 Å². The summed E-state index contributed by atoms with van der Waals surface area (Å²) in [7, 11) is 0. The van der Waals surface area contributed by atoms with Gasteiger partial charge in [0.25, 0.3) is 5.91 Å². The summed E-state index contributed by atoms with van der Waals surface area (Å²) in [6.07, 6.45) is 6.96. The molecule has 4 aliphatic rings. The summed E-state index contributed by atoms with van der Waals surface area (Å²) in [6, 6.07) is 0. The van der Waals surface area contributed by atoms with Crippen molar-refractivity contribution in [2.45, 2.75) is 50.7 Å². The van der Waals surface area contributed by atoms with E-state index in [1.807, 2.05) is 4.90 Å². The summed E-state index contributed by atoms with van der Waals surface area (Å²) in [4.78, 5) is 17.1. The van der Waals surface area contributed by atoms with Crippen molar-refractivity contribution in [3.05, 3.63) is 0 Å². The minimum atomic E-state index is -0.161. The number of nitrogens with zero attached hydrogens (tertiary/aromatic N) is 2. The number of likely N-dealkylation sites (tertiary alicyclic amines) is 2. The SMILES string of the molecule is O=C([C@@H]1C[C@@H]2CCN(CC3CCOCC3)C[C@H]2O1)N1CCCC1. The van der Waals surface area contributed by atoms with E-state index in [4.69, 9.17) is 9.47 Å². The third-order valence-electron chi connectivity index (χ3n) is 6.19. The molecule has 0 spiro atoms. The first kappa shape index (κ1) is 15.9. The van der Waals surface area contributed by atoms with Crippen molar-refractivity contribution >= 4 is 5.91 Å². The Kier molecular flexibility index (Phi) is 4.88. The molecule has 5 heteroatoms. The van der Waals surface area contributed by atoms with Crippen LogP contribution in [0.1, 0.15) is 38.5 Å². The van der Waals surface area contributed by atoms with Gasteiger partial charge in [-0.25, -0.2) is 0 Å². The molecule has 0 aromatic rings. The van der Waals surface area contributed by atoms with Crippen LogP contribution in [0.2, 0.25) is 0 Å². The van der Waals surface area contributed by atoms with E-state index in [1.165, 1.54) is 32.4 Å². The number of rotatable bonds is 3. The van der Waals surface area contributed by atoms with Crippen molar-refractivity contribution in [1.29, 1.82) is 0 Å². The molecule has 0 N–H and O–H groups in total. The first-order valence-corrected chi connectivity index (χ1v) is 9.54. The first-order chi connectivity index (χ1) is 11.3. The summed E-state index contributed by atoms with van der Waals surface area (Å²) in [5.74, 6) is 1.63. The van der Waals surface area contributed by atoms with Crippen molar-refractivity contribution in [2.24, 2.45) is 11.8 Å². The Morgan fingerprint density at radius 3 is 2.61 bits per heavy atom. The predicted molar refractivity (Wildman–Crippen MR) is 87.2 cm³/mol. The number of hydrogen-bond donors (Lipinski definition) is 0. The second-order valence-electron chi connectivity index (χ2n) is 7.80. The molecule has 4 aliphatic heterocycles. The highest BCUT2D eigenvalue weighted by Gasteiger charge is 2.43. The van der Waals surface area contributed by atoms with Gasteiger partial charge in [0, 0.05) is 39.4 Å². The quantitative estimate of drug-likeness (QED) is 0.790. The summed E-state index contributed by atoms with van der Waals surface area (Å²) in [6.45, 7) is 7.09. The number of carbonyl (C=O) groups is 1. The van der Waals surface area contributed by atoms with Crippen molar-refractivity contribution in [1.82, 2.24) is 9.80 Å². The lowest BCUT2D eigenvalue weighted by atomic mass is 9.90. The van der Waals surface area contributed by atoms with E-state index in [1.54, 1.807) is 0 Å². The molecule has 0 saturated carbocycles. The van der Waals surface area contributed by atoms with Crippen LogP contribution in [0.5, 0.6) is 0 Å². The Hall–Kier alpha value is -0.650. The molecule has 5 nitrogen and oxygen atoms in total. The van der Waals surface area contributed by atoms with Crippen molar-refractivity contribution in [2.75, 3.05) is 45.9 Å². The number of carbonyl (C=O) groups excluding carboxylic acids is 1. The van der Waals surface area contributed by atoms with Gasteiger partial charge in [0.1, 0.15) is 6.10 Å². The van der Waals surface area contributed by atoms with Crippen molar-refractivity contribution < 1.29 is 14.3 Å². The highest BCUT2D eigenvalue weighted by Crippen LogP contribution is 2.35. The third-order valence-corrected chi connectivity index (χ3v) is 6.19. The zero-order chi connectivity index (χ0) is 15.6. The predicted octanol–water partition coefficient (Wildman–Crippen LogP) is 1.51. The zero-order valence-corrected chi connectivity index (χ0v) is 14.1. The summed E-state index contributed by atoms with van der Waals surface area (Å²) >= 11 is 0. The van der Waals surface area contributed by atoms with E-state index in [2.05, 4.69) is 4.90 Å². The van der Waals surface area contributed by atoms with Gasteiger partial charge in [0.2, 0.25) is 0 Å². The average Bonchev–Trinajstić information content (AvgIpc) is 3.24. The van der Waals surface area contributed by atoms with Crippen LogP contribution in [-0.2, 0) is 14.3 Å². The molecule has 4 saturated heterocycles. The Morgan fingerprint density at radius 2 is 1.83 bits per heavy atom. The number of ether oxygens (including phenoxy) is 2. The van der Waals surface area contributed by atoms with Crippen LogP contribution in [0.25, 0.3) is 0 Å². The Balaban J connectivity index is 1.28. The lowest BCUT2D eigenvalue weighted by Crippen LogP contribution is -2.45. The molecular weight excluding hydrogens is 292 g/mol. The lowest BCUT2D eigenvalue weighted by Gasteiger charge is -2.36. The minimum absolute atomic E-state index is 0.161. The van der Waals surface area contributed by atoms with Crippen LogP contribution in [0.3, 0.4) is 0 Å². The maximum Gasteiger partial charge on any atom is 0.251 e. The van der Waals surface area contributed by atoms with E-state index in [9.17, 15) is 4.79 Å². The van der Waals surface area contributed by atoms with Gasteiger partial charge in [-0.05, 0) is 56.9 Å². The van der Waals surface area contributed by atoms with Gasteiger partial charge in [-0.2, -0.15) is 0 Å². The maximum atomic E-state index is 12.6. The molecule has 130 valence electrons. The molecule has 0 bridgehead atoms. The topological polar surface area (TPSA) is 42.0 Å². The van der Waals surface area contributed by atoms with Gasteiger partial charge < -0.3 is 19.3 Å². The lowest BCUT2D eigenvalue weighted by molar-refractivity contribution is -0.142. The number of hydrogen-bond acceptors (Lipinski definition) is 4. The second kappa shape index (κ2) is 7.08. The molecule has 0 aliphatic carbocycles. The maximum absolute atomic E-state index is 12.6. The number of fused-ring (bicyclic) bond motifs is 1. The number of amides is 1. The summed E-state index contributed by atoms with van der Waals surface area (Å²) in [5, 5.41) is 0. The minimum Gasteiger partial charge on any atom is -0.381 e. The van der Waals surface area contributed by atoms with Gasteiger partial charge in [-0.3, -0.25) is 4.79 Å². The Morgan fingerprint density at radius 1 is 1.04 bits per heavy atom. The smallest absolute Gasteiger partial charge is 0.251 e. The molecule has 4 fully saturated rings. The van der Waals surface area contributed by atoms with Crippen LogP contribution in [0.15, 0.2) is 0 Å². The molecule has 23 heavy (non-hydrogen) atoms. The molecule has 0 radical (unpaired) electrons. The summed E-state index contributed by atoms with van der Waals surface area (Å²) in [5.41, 5.74) is 0. The van der Waals surface area contributed by atoms with Crippen LogP contribution >= 0.6 is 0 Å². The number of piperidine rings is 1. The molecule has 0 unspecified atom stereocenters. The monoisotopic (exact) mass is 322 g/mol. The van der Waals surface area contributed by atoms with E-state index in [-0.39, 0.29) is 18.1 Å². The van der Waals surface area contributed by atoms with Gasteiger partial charge in [0.15, 0.2) is 0 Å². The normalized spacial score (nSPS) is 36.3. The van der Waals surface area contributed by atoms with E-state index >= 15 is 0 Å². The van der Waals surface area contributed by atoms with E-state index in [0.717, 1.165) is 58.0 Å². The van der Waals surface area contributed by atoms with Crippen LogP contribution < -0.4 is 0 Å². The summed E-state index contributed by atoms with van der Waals surface area (Å²) < 4.78 is 11.7. The molecule has 0 aromatic carbocycles. The standard InChI is InChI=1S/C18H30N2O3/c21-18(20-6-1-2-7-20)16-11-15-3-8-19(13-17(15)23-16)12-14-4-9-22-10-5-14/h14-17H,1-13H2/t15-,16-,17+/m0/s1. The third kappa shape index (κ3) is 3.57. The largest absolute Gasteiger partial charge is 0.381 e. The molecule has 1 amide bonds. The Bertz CT molecular complexity index is 418. The fourth-order valence-corrected chi connectivity index (χ4v) is 4.75. The highest BCUT2D eigenvalue weighted by atomic mass is 16.5. The average molecular weight is 322 g/mol. The van der Waals surface area contributed by atoms with Crippen LogP contribution in [0.4, 0.5) is 0 Å². The molecule has 3 atom stereocenters. The van der Waals surface area contributed by atoms with Gasteiger partial charge in [0.05, 0.1) is 6.10 Å². The Labute approximate surface area is 139 Å². The van der Waals surface area contributed by atoms with Crippen LogP contribution in [0, 0.1) is 11.8 Å². The van der Waals surface area contributed by atoms with Crippen LogP contribution in [-0.4, -0.2) is 73.9 Å². The van der Waals surface area contributed by atoms with Crippen molar-refractivity contribution in [3.8, 4) is 0 Å². The first-order valence-electron chi connectivity index (χ1n) is 9.54. The molecular formula is C18H30N2O3. The molecule has 0 aromatic heterocycles. The second-order valence-corrected chi connectivity index (χ2v) is 7.80. The zero-order valence-electron chi connectivity index (χ0n) is 14.1. The molecule has 4 rings (SSSR count). The molecule has 4 heterocycles. The fourth-order valence-electron chi connectivity index (χ4n) is 4.75. The van der Waals surface area contributed by atoms with E-state index in [0.29, 0.717) is 5.92 Å². The van der Waals surface area contributed by atoms with Gasteiger partial charge in [-0.1, -0.05) is 0 Å². The van der Waals surface area contributed by atoms with E-state index < -0.39 is 0 Å². The van der Waals surface area contributed by atoms with Gasteiger partial charge in [-0.15, -0.1) is 0 Å². The van der Waals surface area contributed by atoms with Gasteiger partial charge >= 0.3 is 0 Å². The fraction of sp³-hybridized carbons (Fsp3) is 0.944. The highest BCUT2D eigenvalue weighted by molar-refractivity contribution is 5.81.